The summed E-state index contributed by atoms with van der Waals surface area (Å²) in [5.74, 6) is 0.563. The highest BCUT2D eigenvalue weighted by Gasteiger charge is 2.23. The number of furan rings is 1. The number of benzene rings is 2. The molecule has 0 atom stereocenters. The lowest BCUT2D eigenvalue weighted by Crippen LogP contribution is -2.30. The molecule has 2 aromatic heterocycles. The zero-order valence-electron chi connectivity index (χ0n) is 14.0. The van der Waals surface area contributed by atoms with Gasteiger partial charge in [-0.05, 0) is 23.8 Å². The van der Waals surface area contributed by atoms with E-state index in [9.17, 15) is 4.79 Å². The Morgan fingerprint density at radius 2 is 1.73 bits per heavy atom. The fourth-order valence-electron chi connectivity index (χ4n) is 3.01. The standard InChI is InChI=1S/C21H17ClN2O2/c22-19-17-10-4-5-11-18(17)23-20(19)21(25)24(14-16-9-6-12-26-16)13-15-7-2-1-3-8-15/h1-12,23H,13-14H2. The molecule has 0 aliphatic heterocycles. The highest BCUT2D eigenvalue weighted by atomic mass is 35.5. The van der Waals surface area contributed by atoms with E-state index >= 15 is 0 Å². The molecule has 2 aromatic carbocycles. The fourth-order valence-corrected chi connectivity index (χ4v) is 3.30. The van der Waals surface area contributed by atoms with E-state index in [-0.39, 0.29) is 5.91 Å². The number of carbonyl (C=O) groups is 1. The zero-order chi connectivity index (χ0) is 17.9. The largest absolute Gasteiger partial charge is 0.467 e. The van der Waals surface area contributed by atoms with Crippen molar-refractivity contribution in [2.75, 3.05) is 0 Å². The van der Waals surface area contributed by atoms with Crippen LogP contribution >= 0.6 is 11.6 Å². The van der Waals surface area contributed by atoms with Crippen molar-refractivity contribution in [2.45, 2.75) is 13.1 Å². The number of carbonyl (C=O) groups excluding carboxylic acids is 1. The molecule has 4 aromatic rings. The Bertz CT molecular complexity index is 1020. The topological polar surface area (TPSA) is 49.2 Å². The minimum atomic E-state index is -0.161. The number of H-pyrrole nitrogens is 1. The number of aromatic amines is 1. The highest BCUT2D eigenvalue weighted by molar-refractivity contribution is 6.38. The molecule has 0 saturated carbocycles. The molecule has 0 aliphatic carbocycles. The third kappa shape index (κ3) is 3.24. The molecule has 0 spiro atoms. The van der Waals surface area contributed by atoms with E-state index in [4.69, 9.17) is 16.0 Å². The average molecular weight is 365 g/mol. The molecular formula is C21H17ClN2O2. The van der Waals surface area contributed by atoms with Gasteiger partial charge in [-0.3, -0.25) is 4.79 Å². The molecule has 0 unspecified atom stereocenters. The summed E-state index contributed by atoms with van der Waals surface area (Å²) in [6, 6.07) is 21.2. The van der Waals surface area contributed by atoms with Crippen LogP contribution in [0.1, 0.15) is 21.8 Å². The second-order valence-corrected chi connectivity index (χ2v) is 6.46. The Labute approximate surface area is 156 Å². The molecule has 1 amide bonds. The molecule has 130 valence electrons. The van der Waals surface area contributed by atoms with Crippen molar-refractivity contribution in [3.05, 3.63) is 95.0 Å². The molecule has 4 nitrogen and oxygen atoms in total. The Hall–Kier alpha value is -2.98. The van der Waals surface area contributed by atoms with Gasteiger partial charge in [0, 0.05) is 17.4 Å². The van der Waals surface area contributed by atoms with Crippen molar-refractivity contribution in [3.8, 4) is 0 Å². The van der Waals surface area contributed by atoms with Crippen LogP contribution < -0.4 is 0 Å². The maximum Gasteiger partial charge on any atom is 0.272 e. The SMILES string of the molecule is O=C(c1[nH]c2ccccc2c1Cl)N(Cc1ccccc1)Cc1ccco1. The summed E-state index contributed by atoms with van der Waals surface area (Å²) in [5.41, 5.74) is 2.29. The Balaban J connectivity index is 1.69. The molecule has 0 bridgehead atoms. The Morgan fingerprint density at radius 3 is 2.46 bits per heavy atom. The van der Waals surface area contributed by atoms with Crippen LogP contribution in [0.2, 0.25) is 5.02 Å². The quantitative estimate of drug-likeness (QED) is 0.525. The summed E-state index contributed by atoms with van der Waals surface area (Å²) >= 11 is 6.48. The summed E-state index contributed by atoms with van der Waals surface area (Å²) in [4.78, 5) is 18.1. The zero-order valence-corrected chi connectivity index (χ0v) is 14.7. The van der Waals surface area contributed by atoms with Crippen LogP contribution in [-0.4, -0.2) is 15.8 Å². The van der Waals surface area contributed by atoms with Crippen LogP contribution in [-0.2, 0) is 13.1 Å². The average Bonchev–Trinajstić information content (AvgIpc) is 3.30. The number of halogens is 1. The van der Waals surface area contributed by atoms with Crippen LogP contribution in [0.25, 0.3) is 10.9 Å². The van der Waals surface area contributed by atoms with Gasteiger partial charge in [0.25, 0.3) is 5.91 Å². The number of rotatable bonds is 5. The van der Waals surface area contributed by atoms with Gasteiger partial charge >= 0.3 is 0 Å². The van der Waals surface area contributed by atoms with Crippen LogP contribution in [0.5, 0.6) is 0 Å². The Kier molecular flexibility index (Phi) is 4.50. The molecule has 0 fully saturated rings. The van der Waals surface area contributed by atoms with E-state index in [1.54, 1.807) is 11.2 Å². The number of nitrogens with zero attached hydrogens (tertiary/aromatic N) is 1. The van der Waals surface area contributed by atoms with Crippen LogP contribution in [0.15, 0.2) is 77.4 Å². The van der Waals surface area contributed by atoms with Crippen LogP contribution in [0.3, 0.4) is 0 Å². The maximum absolute atomic E-state index is 13.2. The number of hydrogen-bond donors (Lipinski definition) is 1. The molecule has 0 aliphatic rings. The monoisotopic (exact) mass is 364 g/mol. The summed E-state index contributed by atoms with van der Waals surface area (Å²) < 4.78 is 5.44. The summed E-state index contributed by atoms with van der Waals surface area (Å²) in [6.45, 7) is 0.832. The first kappa shape index (κ1) is 16.5. The molecule has 0 radical (unpaired) electrons. The number of para-hydroxylation sites is 1. The van der Waals surface area contributed by atoms with E-state index in [0.717, 1.165) is 22.2 Å². The van der Waals surface area contributed by atoms with E-state index in [1.165, 1.54) is 0 Å². The van der Waals surface area contributed by atoms with Gasteiger partial charge in [0.1, 0.15) is 11.5 Å². The first-order valence-electron chi connectivity index (χ1n) is 8.34. The number of fused-ring (bicyclic) bond motifs is 1. The fraction of sp³-hybridized carbons (Fsp3) is 0.0952. The molecular weight excluding hydrogens is 348 g/mol. The third-order valence-electron chi connectivity index (χ3n) is 4.29. The van der Waals surface area contributed by atoms with Gasteiger partial charge in [-0.25, -0.2) is 0 Å². The van der Waals surface area contributed by atoms with Crippen molar-refractivity contribution in [3.63, 3.8) is 0 Å². The van der Waals surface area contributed by atoms with Crippen molar-refractivity contribution in [1.82, 2.24) is 9.88 Å². The van der Waals surface area contributed by atoms with Crippen molar-refractivity contribution in [2.24, 2.45) is 0 Å². The van der Waals surface area contributed by atoms with Crippen molar-refractivity contribution in [1.29, 1.82) is 0 Å². The second kappa shape index (κ2) is 7.10. The predicted octanol–water partition coefficient (Wildman–Crippen LogP) is 5.26. The molecule has 5 heteroatoms. The van der Waals surface area contributed by atoms with E-state index < -0.39 is 0 Å². The van der Waals surface area contributed by atoms with Crippen LogP contribution in [0.4, 0.5) is 0 Å². The number of hydrogen-bond acceptors (Lipinski definition) is 2. The van der Waals surface area contributed by atoms with Gasteiger partial charge in [0.2, 0.25) is 0 Å². The maximum atomic E-state index is 13.2. The predicted molar refractivity (Wildman–Crippen MR) is 102 cm³/mol. The summed E-state index contributed by atoms with van der Waals surface area (Å²) in [7, 11) is 0. The van der Waals surface area contributed by atoms with Gasteiger partial charge in [0.15, 0.2) is 0 Å². The summed E-state index contributed by atoms with van der Waals surface area (Å²) in [6.07, 6.45) is 1.61. The van der Waals surface area contributed by atoms with Crippen molar-refractivity contribution >= 4 is 28.4 Å². The minimum absolute atomic E-state index is 0.161. The molecule has 26 heavy (non-hydrogen) atoms. The smallest absolute Gasteiger partial charge is 0.272 e. The highest BCUT2D eigenvalue weighted by Crippen LogP contribution is 2.28. The molecule has 1 N–H and O–H groups in total. The van der Waals surface area contributed by atoms with Crippen molar-refractivity contribution < 1.29 is 9.21 Å². The first-order valence-corrected chi connectivity index (χ1v) is 8.72. The van der Waals surface area contributed by atoms with Gasteiger partial charge < -0.3 is 14.3 Å². The lowest BCUT2D eigenvalue weighted by molar-refractivity contribution is 0.0713. The van der Waals surface area contributed by atoms with E-state index in [1.807, 2.05) is 66.7 Å². The Morgan fingerprint density at radius 1 is 0.962 bits per heavy atom. The van der Waals surface area contributed by atoms with E-state index in [2.05, 4.69) is 4.98 Å². The molecule has 4 rings (SSSR count). The van der Waals surface area contributed by atoms with Gasteiger partial charge in [-0.1, -0.05) is 60.1 Å². The number of aromatic nitrogens is 1. The molecule has 2 heterocycles. The normalized spacial score (nSPS) is 11.0. The van der Waals surface area contributed by atoms with Gasteiger partial charge in [0.05, 0.1) is 17.8 Å². The number of amides is 1. The van der Waals surface area contributed by atoms with Gasteiger partial charge in [-0.2, -0.15) is 0 Å². The first-order chi connectivity index (χ1) is 12.7. The third-order valence-corrected chi connectivity index (χ3v) is 4.68. The van der Waals surface area contributed by atoms with Gasteiger partial charge in [-0.15, -0.1) is 0 Å². The number of nitrogens with one attached hydrogen (secondary N) is 1. The lowest BCUT2D eigenvalue weighted by Gasteiger charge is -2.21. The molecule has 0 saturated heterocycles. The summed E-state index contributed by atoms with van der Waals surface area (Å²) in [5, 5.41) is 1.29. The van der Waals surface area contributed by atoms with E-state index in [0.29, 0.717) is 23.8 Å². The minimum Gasteiger partial charge on any atom is -0.467 e. The lowest BCUT2D eigenvalue weighted by atomic mass is 10.2. The second-order valence-electron chi connectivity index (χ2n) is 6.09. The van der Waals surface area contributed by atoms with Crippen LogP contribution in [0, 0.1) is 0 Å².